The Balaban J connectivity index is 1.98. The summed E-state index contributed by atoms with van der Waals surface area (Å²) >= 11 is 1.26. The van der Waals surface area contributed by atoms with Gasteiger partial charge in [0.05, 0.1) is 5.75 Å². The van der Waals surface area contributed by atoms with Crippen molar-refractivity contribution in [2.45, 2.75) is 25.0 Å². The minimum absolute atomic E-state index is 0.0771. The second kappa shape index (κ2) is 7.14. The number of carbonyl (C=O) groups excluding carboxylic acids is 1. The van der Waals surface area contributed by atoms with Crippen molar-refractivity contribution >= 4 is 28.7 Å². The predicted octanol–water partition coefficient (Wildman–Crippen LogP) is 2.55. The fourth-order valence-corrected chi connectivity index (χ4v) is 3.36. The van der Waals surface area contributed by atoms with E-state index in [1.807, 2.05) is 44.2 Å². The summed E-state index contributed by atoms with van der Waals surface area (Å²) in [5, 5.41) is 3.36. The standard InChI is InChI=1S/C18H20N4O2S/c1-11(2)20-14(23)10-25-18-21-15-13(12-7-5-4-6-8-12)9-19-16(15)17(24)22(18)3/h4-9,11,19H,10H2,1-3H3,(H,20,23). The Kier molecular flexibility index (Phi) is 4.94. The number of thioether (sulfide) groups is 1. The van der Waals surface area contributed by atoms with Gasteiger partial charge < -0.3 is 10.3 Å². The Hall–Kier alpha value is -2.54. The van der Waals surface area contributed by atoms with Gasteiger partial charge in [-0.1, -0.05) is 42.1 Å². The van der Waals surface area contributed by atoms with Gasteiger partial charge in [0, 0.05) is 24.8 Å². The zero-order chi connectivity index (χ0) is 18.0. The fraction of sp³-hybridized carbons (Fsp3) is 0.278. The third kappa shape index (κ3) is 3.61. The number of nitrogens with one attached hydrogen (secondary N) is 2. The topological polar surface area (TPSA) is 79.8 Å². The van der Waals surface area contributed by atoms with Crippen LogP contribution in [0.4, 0.5) is 0 Å². The number of H-pyrrole nitrogens is 1. The monoisotopic (exact) mass is 356 g/mol. The van der Waals surface area contributed by atoms with Gasteiger partial charge in [0.1, 0.15) is 11.0 Å². The summed E-state index contributed by atoms with van der Waals surface area (Å²) in [7, 11) is 1.67. The van der Waals surface area contributed by atoms with Gasteiger partial charge in [-0.3, -0.25) is 14.2 Å². The quantitative estimate of drug-likeness (QED) is 0.544. The van der Waals surface area contributed by atoms with E-state index in [9.17, 15) is 9.59 Å². The van der Waals surface area contributed by atoms with E-state index in [0.29, 0.717) is 16.2 Å². The lowest BCUT2D eigenvalue weighted by molar-refractivity contribution is -0.119. The molecule has 0 unspecified atom stereocenters. The second-order valence-electron chi connectivity index (χ2n) is 6.06. The van der Waals surface area contributed by atoms with Crippen molar-refractivity contribution in [2.75, 3.05) is 5.75 Å². The molecular formula is C18H20N4O2S. The van der Waals surface area contributed by atoms with Crippen molar-refractivity contribution < 1.29 is 4.79 Å². The Labute approximate surface area is 149 Å². The van der Waals surface area contributed by atoms with Crippen LogP contribution in [0.15, 0.2) is 46.5 Å². The number of hydrogen-bond acceptors (Lipinski definition) is 4. The van der Waals surface area contributed by atoms with E-state index in [2.05, 4.69) is 15.3 Å². The highest BCUT2D eigenvalue weighted by Gasteiger charge is 2.15. The third-order valence-corrected chi connectivity index (χ3v) is 4.76. The number of rotatable bonds is 5. The molecule has 7 heteroatoms. The zero-order valence-electron chi connectivity index (χ0n) is 14.4. The molecule has 2 heterocycles. The van der Waals surface area contributed by atoms with E-state index in [0.717, 1.165) is 11.1 Å². The Bertz CT molecular complexity index is 960. The highest BCUT2D eigenvalue weighted by molar-refractivity contribution is 7.99. The molecule has 0 saturated heterocycles. The van der Waals surface area contributed by atoms with Crippen LogP contribution in [0.25, 0.3) is 22.2 Å². The number of nitrogens with zero attached hydrogens (tertiary/aromatic N) is 2. The van der Waals surface area contributed by atoms with Gasteiger partial charge in [-0.15, -0.1) is 0 Å². The summed E-state index contributed by atoms with van der Waals surface area (Å²) in [5.74, 6) is 0.140. The van der Waals surface area contributed by atoms with Gasteiger partial charge in [0.25, 0.3) is 5.56 Å². The van der Waals surface area contributed by atoms with Crippen molar-refractivity contribution in [3.8, 4) is 11.1 Å². The van der Waals surface area contributed by atoms with Crippen molar-refractivity contribution in [1.29, 1.82) is 0 Å². The molecule has 0 fully saturated rings. The summed E-state index contributed by atoms with van der Waals surface area (Å²) < 4.78 is 1.47. The molecule has 3 rings (SSSR count). The van der Waals surface area contributed by atoms with Crippen LogP contribution in [0.5, 0.6) is 0 Å². The minimum atomic E-state index is -0.154. The van der Waals surface area contributed by atoms with Crippen LogP contribution < -0.4 is 10.9 Å². The van der Waals surface area contributed by atoms with E-state index in [-0.39, 0.29) is 23.3 Å². The molecule has 0 saturated carbocycles. The van der Waals surface area contributed by atoms with E-state index in [4.69, 9.17) is 0 Å². The maximum absolute atomic E-state index is 12.6. The first-order valence-electron chi connectivity index (χ1n) is 8.03. The van der Waals surface area contributed by atoms with Crippen molar-refractivity contribution in [1.82, 2.24) is 19.9 Å². The molecule has 2 N–H and O–H groups in total. The number of carbonyl (C=O) groups is 1. The van der Waals surface area contributed by atoms with Crippen LogP contribution in [0, 0.1) is 0 Å². The highest BCUT2D eigenvalue weighted by Crippen LogP contribution is 2.27. The lowest BCUT2D eigenvalue weighted by Gasteiger charge is -2.10. The summed E-state index contributed by atoms with van der Waals surface area (Å²) in [4.78, 5) is 32.1. The molecule has 2 aromatic heterocycles. The van der Waals surface area contributed by atoms with Crippen LogP contribution in [-0.4, -0.2) is 32.2 Å². The lowest BCUT2D eigenvalue weighted by Crippen LogP contribution is -2.31. The number of aromatic amines is 1. The van der Waals surface area contributed by atoms with Crippen molar-refractivity contribution in [2.24, 2.45) is 7.05 Å². The smallest absolute Gasteiger partial charge is 0.278 e. The summed E-state index contributed by atoms with van der Waals surface area (Å²) in [5.41, 5.74) is 2.81. The number of amides is 1. The molecule has 3 aromatic rings. The van der Waals surface area contributed by atoms with Gasteiger partial charge >= 0.3 is 0 Å². The van der Waals surface area contributed by atoms with Crippen molar-refractivity contribution in [3.63, 3.8) is 0 Å². The molecule has 0 radical (unpaired) electrons. The first kappa shape index (κ1) is 17.3. The van der Waals surface area contributed by atoms with Gasteiger partial charge in [0.15, 0.2) is 5.16 Å². The first-order chi connectivity index (χ1) is 12.0. The number of fused-ring (bicyclic) bond motifs is 1. The summed E-state index contributed by atoms with van der Waals surface area (Å²) in [6.45, 7) is 3.82. The first-order valence-corrected chi connectivity index (χ1v) is 9.01. The van der Waals surface area contributed by atoms with Crippen LogP contribution in [0.1, 0.15) is 13.8 Å². The van der Waals surface area contributed by atoms with E-state index < -0.39 is 0 Å². The van der Waals surface area contributed by atoms with Crippen LogP contribution >= 0.6 is 11.8 Å². The molecule has 0 aliphatic carbocycles. The Morgan fingerprint density at radius 3 is 2.72 bits per heavy atom. The average Bonchev–Trinajstić information content (AvgIpc) is 3.01. The van der Waals surface area contributed by atoms with E-state index in [1.54, 1.807) is 13.2 Å². The highest BCUT2D eigenvalue weighted by atomic mass is 32.2. The molecule has 0 aliphatic heterocycles. The van der Waals surface area contributed by atoms with Crippen molar-refractivity contribution in [3.05, 3.63) is 46.9 Å². The molecule has 0 spiro atoms. The normalized spacial score (nSPS) is 11.2. The molecule has 1 amide bonds. The molecule has 130 valence electrons. The van der Waals surface area contributed by atoms with Gasteiger partial charge in [-0.05, 0) is 19.4 Å². The molecule has 6 nitrogen and oxygen atoms in total. The zero-order valence-corrected chi connectivity index (χ0v) is 15.2. The molecule has 1 aromatic carbocycles. The maximum Gasteiger partial charge on any atom is 0.278 e. The largest absolute Gasteiger partial charge is 0.355 e. The summed E-state index contributed by atoms with van der Waals surface area (Å²) in [6.07, 6.45) is 1.80. The fourth-order valence-electron chi connectivity index (χ4n) is 2.58. The van der Waals surface area contributed by atoms with Gasteiger partial charge in [-0.2, -0.15) is 0 Å². The van der Waals surface area contributed by atoms with Gasteiger partial charge in [-0.25, -0.2) is 4.98 Å². The van der Waals surface area contributed by atoms with E-state index >= 15 is 0 Å². The Morgan fingerprint density at radius 2 is 2.04 bits per heavy atom. The maximum atomic E-state index is 12.6. The third-order valence-electron chi connectivity index (χ3n) is 3.73. The molecular weight excluding hydrogens is 336 g/mol. The molecule has 0 bridgehead atoms. The lowest BCUT2D eigenvalue weighted by atomic mass is 10.1. The molecule has 0 aliphatic rings. The SMILES string of the molecule is CC(C)NC(=O)CSc1nc2c(-c3ccccc3)c[nH]c2c(=O)n1C. The Morgan fingerprint density at radius 1 is 1.32 bits per heavy atom. The predicted molar refractivity (Wildman–Crippen MR) is 101 cm³/mol. The molecule has 25 heavy (non-hydrogen) atoms. The van der Waals surface area contributed by atoms with Crippen LogP contribution in [0.2, 0.25) is 0 Å². The van der Waals surface area contributed by atoms with Crippen LogP contribution in [0.3, 0.4) is 0 Å². The number of aromatic nitrogens is 3. The second-order valence-corrected chi connectivity index (χ2v) is 7.00. The van der Waals surface area contributed by atoms with E-state index in [1.165, 1.54) is 16.3 Å². The average molecular weight is 356 g/mol. The van der Waals surface area contributed by atoms with Crippen LogP contribution in [-0.2, 0) is 11.8 Å². The minimum Gasteiger partial charge on any atom is -0.355 e. The van der Waals surface area contributed by atoms with Gasteiger partial charge in [0.2, 0.25) is 5.91 Å². The number of hydrogen-bond donors (Lipinski definition) is 2. The summed E-state index contributed by atoms with van der Waals surface area (Å²) in [6, 6.07) is 9.87. The molecule has 0 atom stereocenters. The number of benzene rings is 1.